The van der Waals surface area contributed by atoms with Gasteiger partial charge in [0, 0.05) is 23.6 Å². The van der Waals surface area contributed by atoms with Crippen molar-refractivity contribution in [1.29, 1.82) is 5.26 Å². The molecule has 3 aromatic carbocycles. The highest BCUT2D eigenvalue weighted by molar-refractivity contribution is 6.12. The van der Waals surface area contributed by atoms with E-state index in [2.05, 4.69) is 16.7 Å². The molecule has 4 aromatic rings. The third-order valence-corrected chi connectivity index (χ3v) is 6.58. The number of nitrogens with one attached hydrogen (secondary N) is 2. The summed E-state index contributed by atoms with van der Waals surface area (Å²) in [5.74, 6) is 0.0301. The van der Waals surface area contributed by atoms with Crippen molar-refractivity contribution < 1.29 is 14.0 Å². The van der Waals surface area contributed by atoms with Gasteiger partial charge in [0.15, 0.2) is 0 Å². The van der Waals surface area contributed by atoms with Crippen LogP contribution in [-0.4, -0.2) is 24.4 Å². The summed E-state index contributed by atoms with van der Waals surface area (Å²) in [6.07, 6.45) is 1.35. The summed E-state index contributed by atoms with van der Waals surface area (Å²) in [4.78, 5) is 25.7. The SMILES string of the molecule is CNC(=O)c1c(-c2ccc(C)cc2)oc2ccc(-c3cc(C(=O)NC4(C#N)CC4)ccc3C)cc12. The number of hydrogen-bond donors (Lipinski definition) is 2. The summed E-state index contributed by atoms with van der Waals surface area (Å²) in [7, 11) is 1.60. The van der Waals surface area contributed by atoms with Crippen LogP contribution in [0.2, 0.25) is 0 Å². The molecule has 0 saturated heterocycles. The monoisotopic (exact) mass is 463 g/mol. The molecule has 1 aliphatic rings. The zero-order chi connectivity index (χ0) is 24.7. The second kappa shape index (κ2) is 8.44. The largest absolute Gasteiger partial charge is 0.455 e. The molecule has 0 spiro atoms. The zero-order valence-corrected chi connectivity index (χ0v) is 19.9. The molecule has 5 rings (SSSR count). The minimum Gasteiger partial charge on any atom is -0.455 e. The molecule has 6 nitrogen and oxygen atoms in total. The molecule has 1 aliphatic carbocycles. The Balaban J connectivity index is 1.60. The Morgan fingerprint density at radius 2 is 1.66 bits per heavy atom. The van der Waals surface area contributed by atoms with Crippen molar-refractivity contribution in [3.8, 4) is 28.5 Å². The number of carbonyl (C=O) groups is 2. The summed E-state index contributed by atoms with van der Waals surface area (Å²) in [6.45, 7) is 3.99. The van der Waals surface area contributed by atoms with Crippen molar-refractivity contribution in [3.63, 3.8) is 0 Å². The van der Waals surface area contributed by atoms with Crippen LogP contribution in [0.1, 0.15) is 44.7 Å². The normalized spacial score (nSPS) is 13.8. The Morgan fingerprint density at radius 1 is 0.943 bits per heavy atom. The van der Waals surface area contributed by atoms with E-state index < -0.39 is 5.54 Å². The van der Waals surface area contributed by atoms with Crippen LogP contribution in [0.15, 0.2) is 65.1 Å². The minimum absolute atomic E-state index is 0.229. The molecule has 1 saturated carbocycles. The van der Waals surface area contributed by atoms with Crippen LogP contribution in [0.25, 0.3) is 33.4 Å². The second-order valence-electron chi connectivity index (χ2n) is 9.14. The third-order valence-electron chi connectivity index (χ3n) is 6.58. The predicted octanol–water partition coefficient (Wildman–Crippen LogP) is 5.53. The van der Waals surface area contributed by atoms with E-state index in [0.29, 0.717) is 40.7 Å². The Kier molecular flexibility index (Phi) is 5.41. The maximum atomic E-state index is 12.9. The highest BCUT2D eigenvalue weighted by Gasteiger charge is 2.44. The van der Waals surface area contributed by atoms with E-state index in [-0.39, 0.29) is 11.8 Å². The van der Waals surface area contributed by atoms with E-state index in [0.717, 1.165) is 27.8 Å². The number of amides is 2. The fraction of sp³-hybridized carbons (Fsp3) is 0.207. The Bertz CT molecular complexity index is 1520. The number of hydrogen-bond acceptors (Lipinski definition) is 4. The Labute approximate surface area is 203 Å². The molecular weight excluding hydrogens is 438 g/mol. The average Bonchev–Trinajstić information content (AvgIpc) is 3.54. The first-order chi connectivity index (χ1) is 16.8. The van der Waals surface area contributed by atoms with Gasteiger partial charge in [0.05, 0.1) is 11.6 Å². The van der Waals surface area contributed by atoms with E-state index in [4.69, 9.17) is 4.42 Å². The molecule has 0 radical (unpaired) electrons. The van der Waals surface area contributed by atoms with Gasteiger partial charge in [-0.1, -0.05) is 42.0 Å². The molecule has 1 heterocycles. The number of benzene rings is 3. The first-order valence-electron chi connectivity index (χ1n) is 11.5. The number of nitrogens with zero attached hydrogens (tertiary/aromatic N) is 1. The summed E-state index contributed by atoms with van der Waals surface area (Å²) >= 11 is 0. The van der Waals surface area contributed by atoms with E-state index >= 15 is 0 Å². The van der Waals surface area contributed by atoms with Crippen LogP contribution < -0.4 is 10.6 Å². The van der Waals surface area contributed by atoms with E-state index in [9.17, 15) is 14.9 Å². The van der Waals surface area contributed by atoms with Gasteiger partial charge in [0.1, 0.15) is 16.9 Å². The molecule has 2 amide bonds. The van der Waals surface area contributed by atoms with E-state index in [1.54, 1.807) is 13.1 Å². The van der Waals surface area contributed by atoms with Gasteiger partial charge < -0.3 is 15.1 Å². The summed E-state index contributed by atoms with van der Waals surface area (Å²) < 4.78 is 6.15. The van der Waals surface area contributed by atoms with Crippen LogP contribution in [0.3, 0.4) is 0 Å². The van der Waals surface area contributed by atoms with Crippen LogP contribution in [0.4, 0.5) is 0 Å². The standard InChI is InChI=1S/C29H25N3O3/c1-17-4-7-19(8-5-17)26-25(28(34)31-3)23-14-20(10-11-24(23)35-26)22-15-21(9-6-18(22)2)27(33)32-29(16-30)12-13-29/h4-11,14-15H,12-13H2,1-3H3,(H,31,34)(H,32,33). The smallest absolute Gasteiger partial charge is 0.255 e. The van der Waals surface area contributed by atoms with Crippen molar-refractivity contribution >= 4 is 22.8 Å². The molecule has 1 fully saturated rings. The minimum atomic E-state index is -0.730. The number of nitriles is 1. The van der Waals surface area contributed by atoms with Gasteiger partial charge in [-0.25, -0.2) is 0 Å². The molecule has 0 atom stereocenters. The van der Waals surface area contributed by atoms with Gasteiger partial charge in [-0.2, -0.15) is 5.26 Å². The third kappa shape index (κ3) is 4.06. The predicted molar refractivity (Wildman–Crippen MR) is 135 cm³/mol. The van der Waals surface area contributed by atoms with Crippen molar-refractivity contribution in [2.24, 2.45) is 0 Å². The number of rotatable bonds is 5. The number of furan rings is 1. The first kappa shape index (κ1) is 22.4. The van der Waals surface area contributed by atoms with Crippen LogP contribution >= 0.6 is 0 Å². The highest BCUT2D eigenvalue weighted by atomic mass is 16.3. The maximum absolute atomic E-state index is 12.9. The lowest BCUT2D eigenvalue weighted by Gasteiger charge is -2.12. The summed E-state index contributed by atoms with van der Waals surface area (Å²) in [5.41, 5.74) is 5.53. The molecule has 35 heavy (non-hydrogen) atoms. The summed E-state index contributed by atoms with van der Waals surface area (Å²) in [6, 6.07) is 21.3. The quantitative estimate of drug-likeness (QED) is 0.407. The van der Waals surface area contributed by atoms with Crippen molar-refractivity contribution in [2.75, 3.05) is 7.05 Å². The molecule has 6 heteroatoms. The van der Waals surface area contributed by atoms with E-state index in [1.807, 2.05) is 68.4 Å². The fourth-order valence-corrected chi connectivity index (χ4v) is 4.28. The van der Waals surface area contributed by atoms with Gasteiger partial charge in [-0.15, -0.1) is 0 Å². The lowest BCUT2D eigenvalue weighted by molar-refractivity contribution is 0.0939. The van der Waals surface area contributed by atoms with Crippen molar-refractivity contribution in [2.45, 2.75) is 32.2 Å². The second-order valence-corrected chi connectivity index (χ2v) is 9.14. The van der Waals surface area contributed by atoms with Gasteiger partial charge in [-0.3, -0.25) is 9.59 Å². The van der Waals surface area contributed by atoms with Gasteiger partial charge >= 0.3 is 0 Å². The van der Waals surface area contributed by atoms with Crippen molar-refractivity contribution in [1.82, 2.24) is 10.6 Å². The Hall–Kier alpha value is -4.37. The number of aryl methyl sites for hydroxylation is 2. The lowest BCUT2D eigenvalue weighted by Crippen LogP contribution is -2.35. The molecular formula is C29H25N3O3. The zero-order valence-electron chi connectivity index (χ0n) is 19.9. The topological polar surface area (TPSA) is 95.1 Å². The molecule has 174 valence electrons. The molecule has 0 unspecified atom stereocenters. The summed E-state index contributed by atoms with van der Waals surface area (Å²) in [5, 5.41) is 15.6. The van der Waals surface area contributed by atoms with Crippen molar-refractivity contribution in [3.05, 3.63) is 82.9 Å². The van der Waals surface area contributed by atoms with Crippen LogP contribution in [-0.2, 0) is 0 Å². The number of fused-ring (bicyclic) bond motifs is 1. The Morgan fingerprint density at radius 3 is 2.31 bits per heavy atom. The highest BCUT2D eigenvalue weighted by Crippen LogP contribution is 2.37. The molecule has 1 aromatic heterocycles. The van der Waals surface area contributed by atoms with E-state index in [1.165, 1.54) is 0 Å². The molecule has 0 aliphatic heterocycles. The fourth-order valence-electron chi connectivity index (χ4n) is 4.28. The van der Waals surface area contributed by atoms with Crippen LogP contribution in [0, 0.1) is 25.2 Å². The van der Waals surface area contributed by atoms with Gasteiger partial charge in [0.2, 0.25) is 0 Å². The lowest BCUT2D eigenvalue weighted by atomic mass is 9.95. The first-order valence-corrected chi connectivity index (χ1v) is 11.5. The molecule has 2 N–H and O–H groups in total. The van der Waals surface area contributed by atoms with Crippen LogP contribution in [0.5, 0.6) is 0 Å². The average molecular weight is 464 g/mol. The maximum Gasteiger partial charge on any atom is 0.255 e. The van der Waals surface area contributed by atoms with Gasteiger partial charge in [0.25, 0.3) is 11.8 Å². The molecule has 0 bridgehead atoms. The van der Waals surface area contributed by atoms with Gasteiger partial charge in [-0.05, 0) is 67.6 Å². The number of carbonyl (C=O) groups excluding carboxylic acids is 2.